The van der Waals surface area contributed by atoms with Crippen molar-refractivity contribution in [2.45, 2.75) is 51.2 Å². The number of rotatable bonds is 6. The first kappa shape index (κ1) is 14.8. The molecule has 0 spiro atoms. The topological polar surface area (TPSA) is 21.3 Å². The molecule has 2 nitrogen and oxygen atoms in total. The molecule has 106 valence electrons. The summed E-state index contributed by atoms with van der Waals surface area (Å²) in [4.78, 5) is 0. The van der Waals surface area contributed by atoms with Gasteiger partial charge in [-0.25, -0.2) is 0 Å². The van der Waals surface area contributed by atoms with Gasteiger partial charge in [-0.1, -0.05) is 23.7 Å². The van der Waals surface area contributed by atoms with Crippen molar-refractivity contribution in [2.24, 2.45) is 0 Å². The van der Waals surface area contributed by atoms with Crippen LogP contribution in [0.25, 0.3) is 0 Å². The van der Waals surface area contributed by atoms with E-state index in [1.807, 2.05) is 19.2 Å². The van der Waals surface area contributed by atoms with Crippen LogP contribution in [0.1, 0.15) is 49.3 Å². The molecule has 0 radical (unpaired) electrons. The van der Waals surface area contributed by atoms with Crippen molar-refractivity contribution in [1.82, 2.24) is 5.32 Å². The third-order valence-corrected chi connectivity index (χ3v) is 4.49. The first-order chi connectivity index (χ1) is 9.22. The highest BCUT2D eigenvalue weighted by Crippen LogP contribution is 2.28. The largest absolute Gasteiger partial charge is 0.378 e. The van der Waals surface area contributed by atoms with Crippen LogP contribution < -0.4 is 5.32 Å². The lowest BCUT2D eigenvalue weighted by Gasteiger charge is -2.20. The van der Waals surface area contributed by atoms with Gasteiger partial charge in [0, 0.05) is 17.7 Å². The number of nitrogens with one attached hydrogen (secondary N) is 1. The van der Waals surface area contributed by atoms with E-state index < -0.39 is 0 Å². The first-order valence-corrected chi connectivity index (χ1v) is 7.64. The summed E-state index contributed by atoms with van der Waals surface area (Å²) in [7, 11) is 2.02. The van der Waals surface area contributed by atoms with Gasteiger partial charge in [-0.2, -0.15) is 0 Å². The van der Waals surface area contributed by atoms with Crippen LogP contribution in [0.3, 0.4) is 0 Å². The van der Waals surface area contributed by atoms with E-state index in [1.165, 1.54) is 36.8 Å². The minimum absolute atomic E-state index is 0.389. The van der Waals surface area contributed by atoms with E-state index in [4.69, 9.17) is 16.3 Å². The fourth-order valence-electron chi connectivity index (χ4n) is 2.88. The lowest BCUT2D eigenvalue weighted by atomic mass is 9.96. The molecule has 0 bridgehead atoms. The molecule has 1 aliphatic rings. The summed E-state index contributed by atoms with van der Waals surface area (Å²) >= 11 is 6.20. The maximum absolute atomic E-state index is 6.20. The summed E-state index contributed by atoms with van der Waals surface area (Å²) in [5.41, 5.74) is 2.52. The van der Waals surface area contributed by atoms with Crippen LogP contribution in [-0.4, -0.2) is 19.8 Å². The van der Waals surface area contributed by atoms with Crippen LogP contribution in [0.4, 0.5) is 0 Å². The summed E-state index contributed by atoms with van der Waals surface area (Å²) in [6.07, 6.45) is 6.48. The van der Waals surface area contributed by atoms with Gasteiger partial charge in [-0.15, -0.1) is 0 Å². The van der Waals surface area contributed by atoms with Gasteiger partial charge in [0.1, 0.15) is 0 Å². The molecular weight excluding hydrogens is 258 g/mol. The zero-order valence-electron chi connectivity index (χ0n) is 11.9. The molecule has 1 saturated heterocycles. The van der Waals surface area contributed by atoms with Crippen molar-refractivity contribution < 1.29 is 4.74 Å². The third-order valence-electron chi connectivity index (χ3n) is 4.08. The van der Waals surface area contributed by atoms with Gasteiger partial charge in [0.05, 0.1) is 6.10 Å². The number of halogens is 1. The predicted octanol–water partition coefficient (Wildman–Crippen LogP) is 4.26. The fraction of sp³-hybridized carbons (Fsp3) is 0.625. The highest BCUT2D eigenvalue weighted by Gasteiger charge is 2.17. The van der Waals surface area contributed by atoms with Gasteiger partial charge in [-0.3, -0.25) is 0 Å². The van der Waals surface area contributed by atoms with E-state index in [0.717, 1.165) is 18.1 Å². The molecule has 2 rings (SSSR count). The molecular formula is C16H24ClNO. The Bertz CT molecular complexity index is 402. The summed E-state index contributed by atoms with van der Waals surface area (Å²) in [5.74, 6) is 0. The molecule has 1 aliphatic heterocycles. The lowest BCUT2D eigenvalue weighted by molar-refractivity contribution is 0.101. The average molecular weight is 282 g/mol. The zero-order valence-corrected chi connectivity index (χ0v) is 12.7. The Hall–Kier alpha value is -0.570. The number of benzene rings is 1. The van der Waals surface area contributed by atoms with Crippen molar-refractivity contribution in [2.75, 3.05) is 13.7 Å². The van der Waals surface area contributed by atoms with E-state index in [1.54, 1.807) is 0 Å². The molecule has 1 aromatic rings. The molecule has 0 saturated carbocycles. The van der Waals surface area contributed by atoms with Gasteiger partial charge >= 0.3 is 0 Å². The molecule has 0 aromatic heterocycles. The molecule has 1 fully saturated rings. The molecule has 3 heteroatoms. The van der Waals surface area contributed by atoms with Crippen molar-refractivity contribution >= 4 is 11.6 Å². The molecule has 1 N–H and O–H groups in total. The van der Waals surface area contributed by atoms with E-state index in [9.17, 15) is 0 Å². The first-order valence-electron chi connectivity index (χ1n) is 7.26. The number of hydrogen-bond donors (Lipinski definition) is 1. The zero-order chi connectivity index (χ0) is 13.7. The smallest absolute Gasteiger partial charge is 0.0576 e. The van der Waals surface area contributed by atoms with Crippen LogP contribution in [0, 0.1) is 6.92 Å². The highest BCUT2D eigenvalue weighted by atomic mass is 35.5. The van der Waals surface area contributed by atoms with Crippen molar-refractivity contribution in [3.63, 3.8) is 0 Å². The predicted molar refractivity (Wildman–Crippen MR) is 80.8 cm³/mol. The quantitative estimate of drug-likeness (QED) is 0.841. The third kappa shape index (κ3) is 3.95. The number of ether oxygens (including phenoxy) is 1. The second-order valence-electron chi connectivity index (χ2n) is 5.36. The molecule has 1 aromatic carbocycles. The standard InChI is InChI=1S/C16H24ClNO/c1-12-14(8-4-9-15(12)17)16(18-2)10-3-6-13-7-5-11-19-13/h4,8-9,13,16,18H,3,5-7,10-11H2,1-2H3. The van der Waals surface area contributed by atoms with E-state index >= 15 is 0 Å². The van der Waals surface area contributed by atoms with Gasteiger partial charge in [0.15, 0.2) is 0 Å². The normalized spacial score (nSPS) is 20.7. The molecule has 2 atom stereocenters. The second kappa shape index (κ2) is 7.28. The Morgan fingerprint density at radius 1 is 1.47 bits per heavy atom. The molecule has 0 aliphatic carbocycles. The van der Waals surface area contributed by atoms with Crippen LogP contribution in [0.15, 0.2) is 18.2 Å². The van der Waals surface area contributed by atoms with E-state index in [-0.39, 0.29) is 0 Å². The maximum Gasteiger partial charge on any atom is 0.0576 e. The van der Waals surface area contributed by atoms with Gasteiger partial charge in [0.25, 0.3) is 0 Å². The van der Waals surface area contributed by atoms with Crippen LogP contribution in [0.5, 0.6) is 0 Å². The average Bonchev–Trinajstić information content (AvgIpc) is 2.92. The summed E-state index contributed by atoms with van der Waals surface area (Å²) < 4.78 is 5.68. The Kier molecular flexibility index (Phi) is 5.68. The molecule has 1 heterocycles. The van der Waals surface area contributed by atoms with Crippen molar-refractivity contribution in [3.8, 4) is 0 Å². The Balaban J connectivity index is 1.90. The molecule has 2 unspecified atom stereocenters. The Morgan fingerprint density at radius 3 is 3.00 bits per heavy atom. The maximum atomic E-state index is 6.20. The Morgan fingerprint density at radius 2 is 2.32 bits per heavy atom. The SMILES string of the molecule is CNC(CCCC1CCCO1)c1cccc(Cl)c1C. The van der Waals surface area contributed by atoms with Crippen LogP contribution >= 0.6 is 11.6 Å². The van der Waals surface area contributed by atoms with Crippen LogP contribution in [-0.2, 0) is 4.74 Å². The fourth-order valence-corrected chi connectivity index (χ4v) is 3.06. The van der Waals surface area contributed by atoms with E-state index in [2.05, 4.69) is 18.3 Å². The van der Waals surface area contributed by atoms with Crippen molar-refractivity contribution in [3.05, 3.63) is 34.3 Å². The molecule has 0 amide bonds. The minimum atomic E-state index is 0.389. The lowest BCUT2D eigenvalue weighted by Crippen LogP contribution is -2.18. The summed E-state index contributed by atoms with van der Waals surface area (Å²) in [6.45, 7) is 3.05. The Labute approximate surface area is 121 Å². The number of hydrogen-bond acceptors (Lipinski definition) is 2. The second-order valence-corrected chi connectivity index (χ2v) is 5.77. The van der Waals surface area contributed by atoms with Gasteiger partial charge < -0.3 is 10.1 Å². The molecule has 19 heavy (non-hydrogen) atoms. The monoisotopic (exact) mass is 281 g/mol. The van der Waals surface area contributed by atoms with Crippen molar-refractivity contribution in [1.29, 1.82) is 0 Å². The summed E-state index contributed by atoms with van der Waals surface area (Å²) in [5, 5.41) is 4.27. The van der Waals surface area contributed by atoms with Gasteiger partial charge in [-0.05, 0) is 63.3 Å². The summed E-state index contributed by atoms with van der Waals surface area (Å²) in [6, 6.07) is 6.56. The van der Waals surface area contributed by atoms with Gasteiger partial charge in [0.2, 0.25) is 0 Å². The minimum Gasteiger partial charge on any atom is -0.378 e. The van der Waals surface area contributed by atoms with Crippen LogP contribution in [0.2, 0.25) is 5.02 Å². The highest BCUT2D eigenvalue weighted by molar-refractivity contribution is 6.31. The van der Waals surface area contributed by atoms with E-state index in [0.29, 0.717) is 12.1 Å².